The van der Waals surface area contributed by atoms with Crippen LogP contribution in [0.3, 0.4) is 0 Å². The minimum absolute atomic E-state index is 0.190. The van der Waals surface area contributed by atoms with E-state index in [1.54, 1.807) is 36.8 Å². The standard InChI is InChI=1S/C25H20F2N2O3S/c1-31-19-4-2-3-17(11-19)14-32-20-9-10-21(22(27)12-20)25-29-23(15-33-25)24(30)28-13-16-5-7-18(26)8-6-16/h2-12,15H,13-14H2,1H3,(H,28,30). The second kappa shape index (κ2) is 10.2. The van der Waals surface area contributed by atoms with Crippen molar-refractivity contribution in [3.8, 4) is 22.1 Å². The van der Waals surface area contributed by atoms with E-state index in [1.165, 1.54) is 29.5 Å². The van der Waals surface area contributed by atoms with Gasteiger partial charge in [-0.2, -0.15) is 0 Å². The molecule has 0 unspecified atom stereocenters. The number of nitrogens with zero attached hydrogens (tertiary/aromatic N) is 1. The lowest BCUT2D eigenvalue weighted by atomic mass is 10.2. The maximum Gasteiger partial charge on any atom is 0.271 e. The number of nitrogens with one attached hydrogen (secondary N) is 1. The molecular formula is C25H20F2N2O3S. The molecule has 1 N–H and O–H groups in total. The molecule has 168 valence electrons. The molecule has 0 fully saturated rings. The fraction of sp³-hybridized carbons (Fsp3) is 0.120. The summed E-state index contributed by atoms with van der Waals surface area (Å²) >= 11 is 1.17. The number of carbonyl (C=O) groups excluding carboxylic acids is 1. The number of carbonyl (C=O) groups is 1. The van der Waals surface area contributed by atoms with E-state index in [9.17, 15) is 13.6 Å². The van der Waals surface area contributed by atoms with Crippen molar-refractivity contribution < 1.29 is 23.0 Å². The lowest BCUT2D eigenvalue weighted by Crippen LogP contribution is -2.23. The van der Waals surface area contributed by atoms with Crippen molar-refractivity contribution in [3.05, 3.63) is 101 Å². The van der Waals surface area contributed by atoms with Crippen LogP contribution < -0.4 is 14.8 Å². The van der Waals surface area contributed by atoms with Crippen LogP contribution in [0.5, 0.6) is 11.5 Å². The monoisotopic (exact) mass is 466 g/mol. The molecule has 0 saturated carbocycles. The normalized spacial score (nSPS) is 10.6. The van der Waals surface area contributed by atoms with Crippen LogP contribution in [0, 0.1) is 11.6 Å². The van der Waals surface area contributed by atoms with Crippen LogP contribution in [0.1, 0.15) is 21.6 Å². The smallest absolute Gasteiger partial charge is 0.271 e. The molecule has 33 heavy (non-hydrogen) atoms. The van der Waals surface area contributed by atoms with E-state index in [0.717, 1.165) is 16.9 Å². The fourth-order valence-electron chi connectivity index (χ4n) is 3.06. The zero-order valence-electron chi connectivity index (χ0n) is 17.7. The van der Waals surface area contributed by atoms with Gasteiger partial charge < -0.3 is 14.8 Å². The maximum absolute atomic E-state index is 14.7. The number of hydrogen-bond donors (Lipinski definition) is 1. The van der Waals surface area contributed by atoms with E-state index < -0.39 is 5.82 Å². The highest BCUT2D eigenvalue weighted by Gasteiger charge is 2.15. The van der Waals surface area contributed by atoms with Gasteiger partial charge in [0.2, 0.25) is 0 Å². The lowest BCUT2D eigenvalue weighted by molar-refractivity contribution is 0.0946. The number of methoxy groups -OCH3 is 1. The average Bonchev–Trinajstić information content (AvgIpc) is 3.32. The van der Waals surface area contributed by atoms with Crippen molar-refractivity contribution >= 4 is 17.2 Å². The Kier molecular flexibility index (Phi) is 6.95. The molecule has 0 aliphatic heterocycles. The van der Waals surface area contributed by atoms with Gasteiger partial charge in [0.15, 0.2) is 0 Å². The zero-order chi connectivity index (χ0) is 23.2. The van der Waals surface area contributed by atoms with Crippen molar-refractivity contribution in [1.82, 2.24) is 10.3 Å². The summed E-state index contributed by atoms with van der Waals surface area (Å²) in [5.41, 5.74) is 2.13. The molecule has 4 rings (SSSR count). The van der Waals surface area contributed by atoms with Gasteiger partial charge in [0.05, 0.1) is 7.11 Å². The van der Waals surface area contributed by atoms with Gasteiger partial charge in [-0.05, 0) is 47.5 Å². The number of benzene rings is 3. The maximum atomic E-state index is 14.7. The molecule has 1 aromatic heterocycles. The first kappa shape index (κ1) is 22.4. The van der Waals surface area contributed by atoms with Crippen LogP contribution in [0.15, 0.2) is 72.1 Å². The van der Waals surface area contributed by atoms with E-state index in [4.69, 9.17) is 9.47 Å². The van der Waals surface area contributed by atoms with Crippen molar-refractivity contribution in [2.75, 3.05) is 7.11 Å². The van der Waals surface area contributed by atoms with Gasteiger partial charge in [0.1, 0.15) is 40.4 Å². The molecule has 0 saturated heterocycles. The first-order chi connectivity index (χ1) is 16.0. The summed E-state index contributed by atoms with van der Waals surface area (Å²) < 4.78 is 38.6. The highest BCUT2D eigenvalue weighted by Crippen LogP contribution is 2.29. The largest absolute Gasteiger partial charge is 0.497 e. The number of aromatic nitrogens is 1. The van der Waals surface area contributed by atoms with Gasteiger partial charge in [-0.1, -0.05) is 24.3 Å². The summed E-state index contributed by atoms with van der Waals surface area (Å²) in [5, 5.41) is 4.68. The molecule has 0 radical (unpaired) electrons. The third kappa shape index (κ3) is 5.72. The number of ether oxygens (including phenoxy) is 2. The van der Waals surface area contributed by atoms with Crippen LogP contribution in [-0.2, 0) is 13.2 Å². The SMILES string of the molecule is COc1cccc(COc2ccc(-c3nc(C(=O)NCc4ccc(F)cc4)cs3)c(F)c2)c1. The molecule has 5 nitrogen and oxygen atoms in total. The first-order valence-electron chi connectivity index (χ1n) is 10.1. The Morgan fingerprint density at radius 3 is 2.58 bits per heavy atom. The highest BCUT2D eigenvalue weighted by molar-refractivity contribution is 7.13. The van der Waals surface area contributed by atoms with Crippen molar-refractivity contribution in [3.63, 3.8) is 0 Å². The van der Waals surface area contributed by atoms with Gasteiger partial charge in [0, 0.05) is 23.6 Å². The van der Waals surface area contributed by atoms with Crippen molar-refractivity contribution in [2.24, 2.45) is 0 Å². The highest BCUT2D eigenvalue weighted by atomic mass is 32.1. The quantitative estimate of drug-likeness (QED) is 0.367. The number of thiazole rings is 1. The van der Waals surface area contributed by atoms with E-state index in [1.807, 2.05) is 24.3 Å². The molecule has 3 aromatic carbocycles. The Morgan fingerprint density at radius 1 is 1.00 bits per heavy atom. The molecule has 0 spiro atoms. The van der Waals surface area contributed by atoms with Crippen LogP contribution >= 0.6 is 11.3 Å². The summed E-state index contributed by atoms with van der Waals surface area (Å²) in [5.74, 6) is -0.119. The predicted octanol–water partition coefficient (Wildman–Crippen LogP) is 5.61. The molecular weight excluding hydrogens is 446 g/mol. The second-order valence-electron chi connectivity index (χ2n) is 7.13. The van der Waals surface area contributed by atoms with Crippen molar-refractivity contribution in [1.29, 1.82) is 0 Å². The fourth-order valence-corrected chi connectivity index (χ4v) is 3.89. The molecule has 1 heterocycles. The number of amides is 1. The van der Waals surface area contributed by atoms with Crippen LogP contribution in [0.2, 0.25) is 0 Å². The minimum Gasteiger partial charge on any atom is -0.497 e. The topological polar surface area (TPSA) is 60.5 Å². The van der Waals surface area contributed by atoms with Gasteiger partial charge in [-0.25, -0.2) is 13.8 Å². The lowest BCUT2D eigenvalue weighted by Gasteiger charge is -2.09. The number of hydrogen-bond acceptors (Lipinski definition) is 5. The molecule has 0 bridgehead atoms. The zero-order valence-corrected chi connectivity index (χ0v) is 18.5. The predicted molar refractivity (Wildman–Crippen MR) is 122 cm³/mol. The first-order valence-corrected chi connectivity index (χ1v) is 10.9. The molecule has 4 aromatic rings. The van der Waals surface area contributed by atoms with Gasteiger partial charge in [-0.15, -0.1) is 11.3 Å². The number of halogens is 2. The Hall–Kier alpha value is -3.78. The minimum atomic E-state index is -0.495. The summed E-state index contributed by atoms with van der Waals surface area (Å²) in [4.78, 5) is 16.6. The molecule has 0 atom stereocenters. The summed E-state index contributed by atoms with van der Waals surface area (Å²) in [6.45, 7) is 0.505. The Balaban J connectivity index is 1.38. The third-order valence-corrected chi connectivity index (χ3v) is 5.69. The molecule has 8 heteroatoms. The molecule has 0 aliphatic rings. The average molecular weight is 467 g/mol. The second-order valence-corrected chi connectivity index (χ2v) is 7.99. The van der Waals surface area contributed by atoms with Gasteiger partial charge in [0.25, 0.3) is 5.91 Å². The van der Waals surface area contributed by atoms with Crippen LogP contribution in [0.4, 0.5) is 8.78 Å². The van der Waals surface area contributed by atoms with E-state index >= 15 is 0 Å². The van der Waals surface area contributed by atoms with E-state index in [0.29, 0.717) is 10.8 Å². The Bertz CT molecular complexity index is 1260. The number of rotatable bonds is 8. The Morgan fingerprint density at radius 2 is 1.82 bits per heavy atom. The van der Waals surface area contributed by atoms with Crippen LogP contribution in [0.25, 0.3) is 10.6 Å². The van der Waals surface area contributed by atoms with Crippen LogP contribution in [-0.4, -0.2) is 18.0 Å². The van der Waals surface area contributed by atoms with Gasteiger partial charge >= 0.3 is 0 Å². The third-order valence-electron chi connectivity index (χ3n) is 4.81. The molecule has 1 amide bonds. The Labute approximate surface area is 193 Å². The van der Waals surface area contributed by atoms with E-state index in [2.05, 4.69) is 10.3 Å². The summed E-state index contributed by atoms with van der Waals surface area (Å²) in [6.07, 6.45) is 0. The van der Waals surface area contributed by atoms with Crippen molar-refractivity contribution in [2.45, 2.75) is 13.2 Å². The summed E-state index contributed by atoms with van der Waals surface area (Å²) in [7, 11) is 1.59. The van der Waals surface area contributed by atoms with E-state index in [-0.39, 0.29) is 36.1 Å². The molecule has 0 aliphatic carbocycles. The van der Waals surface area contributed by atoms with Gasteiger partial charge in [-0.3, -0.25) is 4.79 Å². The summed E-state index contributed by atoms with van der Waals surface area (Å²) in [6, 6.07) is 17.8.